The summed E-state index contributed by atoms with van der Waals surface area (Å²) in [5.74, 6) is 0.801. The fourth-order valence-electron chi connectivity index (χ4n) is 3.22. The first-order valence-corrected chi connectivity index (χ1v) is 9.60. The van der Waals surface area contributed by atoms with Gasteiger partial charge in [-0.15, -0.1) is 0 Å². The van der Waals surface area contributed by atoms with E-state index in [-0.39, 0.29) is 24.0 Å². The first-order valence-electron chi connectivity index (χ1n) is 9.60. The molecule has 1 aromatic carbocycles. The van der Waals surface area contributed by atoms with E-state index in [9.17, 15) is 9.59 Å². The molecule has 0 spiro atoms. The third-order valence-electron chi connectivity index (χ3n) is 4.77. The van der Waals surface area contributed by atoms with E-state index in [1.165, 1.54) is 0 Å². The molecule has 6 nitrogen and oxygen atoms in total. The van der Waals surface area contributed by atoms with E-state index in [0.29, 0.717) is 25.7 Å². The van der Waals surface area contributed by atoms with Gasteiger partial charge in [0.15, 0.2) is 0 Å². The van der Waals surface area contributed by atoms with Gasteiger partial charge in [-0.3, -0.25) is 4.79 Å². The smallest absolute Gasteiger partial charge is 0.317 e. The molecule has 1 aliphatic carbocycles. The average Bonchev–Trinajstić information content (AvgIpc) is 3.44. The number of nitrogens with one attached hydrogen (secondary N) is 2. The van der Waals surface area contributed by atoms with Gasteiger partial charge in [0.2, 0.25) is 5.91 Å². The fraction of sp³-hybridized carbons (Fsp3) is 0.600. The highest BCUT2D eigenvalue weighted by Gasteiger charge is 2.31. The summed E-state index contributed by atoms with van der Waals surface area (Å²) in [6.07, 6.45) is 3.97. The van der Waals surface area contributed by atoms with Crippen LogP contribution in [0.2, 0.25) is 0 Å². The van der Waals surface area contributed by atoms with Crippen molar-refractivity contribution in [3.63, 3.8) is 0 Å². The van der Waals surface area contributed by atoms with Crippen molar-refractivity contribution >= 4 is 11.9 Å². The summed E-state index contributed by atoms with van der Waals surface area (Å²) in [5, 5.41) is 6.02. The molecule has 2 aliphatic rings. The van der Waals surface area contributed by atoms with Crippen molar-refractivity contribution in [3.8, 4) is 5.75 Å². The number of likely N-dealkylation sites (tertiary alicyclic amines) is 1. The lowest BCUT2D eigenvalue weighted by molar-refractivity contribution is -0.126. The van der Waals surface area contributed by atoms with Crippen molar-refractivity contribution in [1.82, 2.24) is 15.5 Å². The zero-order valence-electron chi connectivity index (χ0n) is 15.7. The van der Waals surface area contributed by atoms with Gasteiger partial charge < -0.3 is 20.3 Å². The molecule has 1 aromatic rings. The average molecular weight is 359 g/mol. The number of carbonyl (C=O) groups is 2. The van der Waals surface area contributed by atoms with Crippen molar-refractivity contribution < 1.29 is 14.3 Å². The molecule has 1 atom stereocenters. The van der Waals surface area contributed by atoms with Crippen LogP contribution in [-0.4, -0.2) is 42.1 Å². The van der Waals surface area contributed by atoms with Crippen molar-refractivity contribution in [2.24, 2.45) is 5.92 Å². The number of ether oxygens (including phenoxy) is 1. The number of nitrogens with zero attached hydrogens (tertiary/aromatic N) is 1. The Balaban J connectivity index is 1.52. The number of benzene rings is 1. The van der Waals surface area contributed by atoms with Gasteiger partial charge in [-0.1, -0.05) is 18.2 Å². The molecular formula is C20H29N3O3. The Labute approximate surface area is 155 Å². The highest BCUT2D eigenvalue weighted by atomic mass is 16.5. The molecule has 26 heavy (non-hydrogen) atoms. The number of carbonyl (C=O) groups excluding carboxylic acids is 2. The van der Waals surface area contributed by atoms with Gasteiger partial charge in [-0.05, 0) is 45.6 Å². The molecule has 6 heteroatoms. The van der Waals surface area contributed by atoms with Crippen molar-refractivity contribution in [2.75, 3.05) is 13.1 Å². The lowest BCUT2D eigenvalue weighted by Gasteiger charge is -2.32. The van der Waals surface area contributed by atoms with Crippen LogP contribution in [0.25, 0.3) is 0 Å². The Bertz CT molecular complexity index is 643. The van der Waals surface area contributed by atoms with Crippen LogP contribution >= 0.6 is 0 Å². The maximum atomic E-state index is 12.5. The molecule has 1 unspecified atom stereocenters. The summed E-state index contributed by atoms with van der Waals surface area (Å²) in [6, 6.07) is 7.99. The second-order valence-corrected chi connectivity index (χ2v) is 7.50. The van der Waals surface area contributed by atoms with E-state index < -0.39 is 0 Å². The SMILES string of the molecule is CC(C)Oc1ccccc1CNC(=O)N1CCCC(C(=O)NC2CC2)C1. The van der Waals surface area contributed by atoms with E-state index in [4.69, 9.17) is 4.74 Å². The highest BCUT2D eigenvalue weighted by molar-refractivity contribution is 5.81. The van der Waals surface area contributed by atoms with Gasteiger partial charge in [0.25, 0.3) is 0 Å². The lowest BCUT2D eigenvalue weighted by Crippen LogP contribution is -2.49. The molecule has 0 radical (unpaired) electrons. The Morgan fingerprint density at radius 3 is 2.73 bits per heavy atom. The molecule has 1 saturated heterocycles. The van der Waals surface area contributed by atoms with Gasteiger partial charge in [-0.2, -0.15) is 0 Å². The number of hydrogen-bond donors (Lipinski definition) is 2. The third-order valence-corrected chi connectivity index (χ3v) is 4.77. The number of rotatable bonds is 6. The number of piperidine rings is 1. The Hall–Kier alpha value is -2.24. The molecule has 2 fully saturated rings. The van der Waals surface area contributed by atoms with Gasteiger partial charge in [-0.25, -0.2) is 4.79 Å². The number of amides is 3. The van der Waals surface area contributed by atoms with Crippen LogP contribution < -0.4 is 15.4 Å². The first kappa shape index (κ1) is 18.5. The monoisotopic (exact) mass is 359 g/mol. The molecule has 1 saturated carbocycles. The quantitative estimate of drug-likeness (QED) is 0.820. The zero-order chi connectivity index (χ0) is 18.5. The Morgan fingerprint density at radius 1 is 1.23 bits per heavy atom. The summed E-state index contributed by atoms with van der Waals surface area (Å²) in [5.41, 5.74) is 0.953. The molecule has 0 bridgehead atoms. The topological polar surface area (TPSA) is 70.7 Å². The molecule has 0 aromatic heterocycles. The second-order valence-electron chi connectivity index (χ2n) is 7.50. The minimum Gasteiger partial charge on any atom is -0.491 e. The van der Waals surface area contributed by atoms with E-state index in [1.54, 1.807) is 4.90 Å². The van der Waals surface area contributed by atoms with Gasteiger partial charge in [0.05, 0.1) is 12.0 Å². The van der Waals surface area contributed by atoms with Crippen LogP contribution in [-0.2, 0) is 11.3 Å². The van der Waals surface area contributed by atoms with Crippen LogP contribution in [0.15, 0.2) is 24.3 Å². The minimum atomic E-state index is -0.117. The summed E-state index contributed by atoms with van der Waals surface area (Å²) < 4.78 is 5.80. The summed E-state index contributed by atoms with van der Waals surface area (Å²) >= 11 is 0. The Kier molecular flexibility index (Phi) is 6.01. The van der Waals surface area contributed by atoms with E-state index >= 15 is 0 Å². The molecule has 3 rings (SSSR count). The van der Waals surface area contributed by atoms with Crippen molar-refractivity contribution in [2.45, 2.75) is 58.2 Å². The number of hydrogen-bond acceptors (Lipinski definition) is 3. The molecule has 142 valence electrons. The zero-order valence-corrected chi connectivity index (χ0v) is 15.7. The fourth-order valence-corrected chi connectivity index (χ4v) is 3.22. The number of para-hydroxylation sites is 1. The van der Waals surface area contributed by atoms with Crippen LogP contribution in [0.1, 0.15) is 45.1 Å². The molecule has 3 amide bonds. The van der Waals surface area contributed by atoms with E-state index in [1.807, 2.05) is 38.1 Å². The van der Waals surface area contributed by atoms with Crippen LogP contribution in [0, 0.1) is 5.92 Å². The summed E-state index contributed by atoms with van der Waals surface area (Å²) in [7, 11) is 0. The molecule has 1 aliphatic heterocycles. The maximum absolute atomic E-state index is 12.5. The molecular weight excluding hydrogens is 330 g/mol. The maximum Gasteiger partial charge on any atom is 0.317 e. The van der Waals surface area contributed by atoms with Gasteiger partial charge in [0.1, 0.15) is 5.75 Å². The van der Waals surface area contributed by atoms with E-state index in [2.05, 4.69) is 10.6 Å². The van der Waals surface area contributed by atoms with Crippen molar-refractivity contribution in [3.05, 3.63) is 29.8 Å². The predicted octanol–water partition coefficient (Wildman–Crippen LogP) is 2.67. The number of urea groups is 1. The summed E-state index contributed by atoms with van der Waals surface area (Å²) in [4.78, 5) is 26.6. The second kappa shape index (κ2) is 8.43. The van der Waals surface area contributed by atoms with Crippen molar-refractivity contribution in [1.29, 1.82) is 0 Å². The first-order chi connectivity index (χ1) is 12.5. The van der Waals surface area contributed by atoms with Crippen LogP contribution in [0.3, 0.4) is 0 Å². The minimum absolute atomic E-state index is 0.0830. The molecule has 2 N–H and O–H groups in total. The lowest BCUT2D eigenvalue weighted by atomic mass is 9.97. The van der Waals surface area contributed by atoms with Crippen LogP contribution in [0.4, 0.5) is 4.79 Å². The van der Waals surface area contributed by atoms with Crippen LogP contribution in [0.5, 0.6) is 5.75 Å². The third kappa shape index (κ3) is 5.13. The largest absolute Gasteiger partial charge is 0.491 e. The summed E-state index contributed by atoms with van der Waals surface area (Å²) in [6.45, 7) is 5.57. The highest BCUT2D eigenvalue weighted by Crippen LogP contribution is 2.23. The standard InChI is InChI=1S/C20H29N3O3/c1-14(2)26-18-8-4-3-6-15(18)12-21-20(25)23-11-5-7-16(13-23)19(24)22-17-9-10-17/h3-4,6,8,14,16-17H,5,7,9-13H2,1-2H3,(H,21,25)(H,22,24). The van der Waals surface area contributed by atoms with E-state index in [0.717, 1.165) is 37.0 Å². The van der Waals surface area contributed by atoms with Gasteiger partial charge >= 0.3 is 6.03 Å². The molecule has 1 heterocycles. The normalized spacial score (nSPS) is 20.0. The predicted molar refractivity (Wildman–Crippen MR) is 99.9 cm³/mol. The van der Waals surface area contributed by atoms with Gasteiger partial charge in [0, 0.05) is 31.2 Å². The Morgan fingerprint density at radius 2 is 2.00 bits per heavy atom.